The number of likely N-dealkylation sites (N-methyl/N-ethyl adjacent to an activating group) is 1. The third kappa shape index (κ3) is 4.50. The van der Waals surface area contributed by atoms with Crippen LogP contribution in [0.4, 0.5) is 5.69 Å². The van der Waals surface area contributed by atoms with Crippen molar-refractivity contribution in [3.8, 4) is 0 Å². The summed E-state index contributed by atoms with van der Waals surface area (Å²) in [6.45, 7) is 2.84. The van der Waals surface area contributed by atoms with Crippen molar-refractivity contribution < 1.29 is 4.79 Å². The molecule has 0 fully saturated rings. The van der Waals surface area contributed by atoms with E-state index < -0.39 is 0 Å². The first kappa shape index (κ1) is 15.4. The van der Waals surface area contributed by atoms with E-state index in [0.29, 0.717) is 11.6 Å². The highest BCUT2D eigenvalue weighted by Gasteiger charge is 2.09. The minimum Gasteiger partial charge on any atom is -0.376 e. The standard InChI is InChI=1S/C17H19ClN2O/c1-13-8-9-15(18)10-16(13)19-11-17(21)20(2)12-14-6-4-3-5-7-14/h3-10,19H,11-12H2,1-2H3. The Morgan fingerprint density at radius 1 is 1.19 bits per heavy atom. The Morgan fingerprint density at radius 3 is 2.62 bits per heavy atom. The summed E-state index contributed by atoms with van der Waals surface area (Å²) in [5.74, 6) is 0.0400. The molecule has 2 rings (SSSR count). The smallest absolute Gasteiger partial charge is 0.241 e. The fourth-order valence-corrected chi connectivity index (χ4v) is 2.21. The summed E-state index contributed by atoms with van der Waals surface area (Å²) >= 11 is 5.97. The van der Waals surface area contributed by atoms with Gasteiger partial charge in [-0.15, -0.1) is 0 Å². The van der Waals surface area contributed by atoms with Gasteiger partial charge in [-0.1, -0.05) is 48.0 Å². The van der Waals surface area contributed by atoms with Gasteiger partial charge in [-0.3, -0.25) is 4.79 Å². The highest BCUT2D eigenvalue weighted by molar-refractivity contribution is 6.30. The first-order chi connectivity index (χ1) is 10.1. The van der Waals surface area contributed by atoms with Crippen LogP contribution in [0.15, 0.2) is 48.5 Å². The maximum atomic E-state index is 12.1. The summed E-state index contributed by atoms with van der Waals surface area (Å²) in [5.41, 5.74) is 3.08. The SMILES string of the molecule is Cc1ccc(Cl)cc1NCC(=O)N(C)Cc1ccccc1. The molecule has 0 aromatic heterocycles. The molecule has 0 aliphatic rings. The molecular weight excluding hydrogens is 284 g/mol. The molecule has 0 bridgehead atoms. The van der Waals surface area contributed by atoms with Crippen LogP contribution in [0.1, 0.15) is 11.1 Å². The molecule has 1 amide bonds. The van der Waals surface area contributed by atoms with Gasteiger partial charge in [0.15, 0.2) is 0 Å². The molecule has 0 saturated heterocycles. The molecule has 0 unspecified atom stereocenters. The van der Waals surface area contributed by atoms with Gasteiger partial charge < -0.3 is 10.2 Å². The molecular formula is C17H19ClN2O. The molecule has 0 heterocycles. The lowest BCUT2D eigenvalue weighted by molar-refractivity contribution is -0.128. The summed E-state index contributed by atoms with van der Waals surface area (Å²) in [6.07, 6.45) is 0. The average molecular weight is 303 g/mol. The second-order valence-electron chi connectivity index (χ2n) is 5.05. The zero-order valence-corrected chi connectivity index (χ0v) is 13.0. The van der Waals surface area contributed by atoms with E-state index in [9.17, 15) is 4.79 Å². The maximum Gasteiger partial charge on any atom is 0.241 e. The van der Waals surface area contributed by atoms with Crippen LogP contribution in [-0.4, -0.2) is 24.4 Å². The Balaban J connectivity index is 1.91. The average Bonchev–Trinajstić information content (AvgIpc) is 2.49. The number of anilines is 1. The molecule has 110 valence electrons. The molecule has 0 aliphatic heterocycles. The molecule has 2 aromatic rings. The summed E-state index contributed by atoms with van der Waals surface area (Å²) in [4.78, 5) is 13.9. The molecule has 21 heavy (non-hydrogen) atoms. The molecule has 0 atom stereocenters. The predicted molar refractivity (Wildman–Crippen MR) is 87.6 cm³/mol. The van der Waals surface area contributed by atoms with Gasteiger partial charge in [0.25, 0.3) is 0 Å². The lowest BCUT2D eigenvalue weighted by atomic mass is 10.2. The quantitative estimate of drug-likeness (QED) is 0.913. The third-order valence-electron chi connectivity index (χ3n) is 3.32. The number of hydrogen-bond acceptors (Lipinski definition) is 2. The molecule has 3 nitrogen and oxygen atoms in total. The van der Waals surface area contributed by atoms with Crippen LogP contribution >= 0.6 is 11.6 Å². The normalized spacial score (nSPS) is 10.2. The minimum absolute atomic E-state index is 0.0400. The van der Waals surface area contributed by atoms with Crippen molar-refractivity contribution in [1.29, 1.82) is 0 Å². The van der Waals surface area contributed by atoms with Crippen molar-refractivity contribution in [3.63, 3.8) is 0 Å². The maximum absolute atomic E-state index is 12.1. The topological polar surface area (TPSA) is 32.3 Å². The lowest BCUT2D eigenvalue weighted by Gasteiger charge is -2.18. The van der Waals surface area contributed by atoms with Crippen molar-refractivity contribution in [2.45, 2.75) is 13.5 Å². The van der Waals surface area contributed by atoms with Crippen molar-refractivity contribution in [2.24, 2.45) is 0 Å². The van der Waals surface area contributed by atoms with Gasteiger partial charge in [0.1, 0.15) is 0 Å². The van der Waals surface area contributed by atoms with Crippen LogP contribution in [-0.2, 0) is 11.3 Å². The fraction of sp³-hybridized carbons (Fsp3) is 0.235. The summed E-state index contributed by atoms with van der Waals surface area (Å²) < 4.78 is 0. The largest absolute Gasteiger partial charge is 0.376 e. The van der Waals surface area contributed by atoms with E-state index in [1.807, 2.05) is 62.5 Å². The van der Waals surface area contributed by atoms with Crippen molar-refractivity contribution >= 4 is 23.2 Å². The van der Waals surface area contributed by atoms with Crippen LogP contribution < -0.4 is 5.32 Å². The van der Waals surface area contributed by atoms with Crippen LogP contribution in [0.25, 0.3) is 0 Å². The van der Waals surface area contributed by atoms with E-state index >= 15 is 0 Å². The van der Waals surface area contributed by atoms with Gasteiger partial charge >= 0.3 is 0 Å². The number of amides is 1. The minimum atomic E-state index is 0.0400. The number of aryl methyl sites for hydroxylation is 1. The second kappa shape index (κ2) is 7.14. The first-order valence-electron chi connectivity index (χ1n) is 6.84. The Labute approximate surface area is 130 Å². The van der Waals surface area contributed by atoms with E-state index in [1.165, 1.54) is 0 Å². The van der Waals surface area contributed by atoms with Crippen LogP contribution in [0.5, 0.6) is 0 Å². The number of benzene rings is 2. The van der Waals surface area contributed by atoms with Crippen LogP contribution in [0.3, 0.4) is 0 Å². The molecule has 0 radical (unpaired) electrons. The first-order valence-corrected chi connectivity index (χ1v) is 7.22. The Hall–Kier alpha value is -2.00. The van der Waals surface area contributed by atoms with E-state index in [2.05, 4.69) is 5.32 Å². The predicted octanol–water partition coefficient (Wildman–Crippen LogP) is 3.72. The summed E-state index contributed by atoms with van der Waals surface area (Å²) in [5, 5.41) is 3.80. The molecule has 4 heteroatoms. The summed E-state index contributed by atoms with van der Waals surface area (Å²) in [6, 6.07) is 15.5. The monoisotopic (exact) mass is 302 g/mol. The number of rotatable bonds is 5. The number of halogens is 1. The number of nitrogens with one attached hydrogen (secondary N) is 1. The van der Waals surface area contributed by atoms with Gasteiger partial charge in [0.2, 0.25) is 5.91 Å². The summed E-state index contributed by atoms with van der Waals surface area (Å²) in [7, 11) is 1.81. The molecule has 0 aliphatic carbocycles. The van der Waals surface area contributed by atoms with Gasteiger partial charge in [-0.05, 0) is 30.2 Å². The van der Waals surface area contributed by atoms with E-state index in [4.69, 9.17) is 11.6 Å². The highest BCUT2D eigenvalue weighted by atomic mass is 35.5. The Morgan fingerprint density at radius 2 is 1.90 bits per heavy atom. The van der Waals surface area contributed by atoms with Crippen molar-refractivity contribution in [2.75, 3.05) is 18.9 Å². The number of nitrogens with zero attached hydrogens (tertiary/aromatic N) is 1. The van der Waals surface area contributed by atoms with Gasteiger partial charge in [-0.2, -0.15) is 0 Å². The van der Waals surface area contributed by atoms with E-state index in [1.54, 1.807) is 4.90 Å². The Bertz CT molecular complexity index is 613. The molecule has 0 saturated carbocycles. The molecule has 0 spiro atoms. The lowest BCUT2D eigenvalue weighted by Crippen LogP contribution is -2.31. The van der Waals surface area contributed by atoms with Gasteiger partial charge in [0.05, 0.1) is 6.54 Å². The van der Waals surface area contributed by atoms with Crippen molar-refractivity contribution in [1.82, 2.24) is 4.90 Å². The zero-order chi connectivity index (χ0) is 15.2. The van der Waals surface area contributed by atoms with E-state index in [-0.39, 0.29) is 12.5 Å². The highest BCUT2D eigenvalue weighted by Crippen LogP contribution is 2.19. The van der Waals surface area contributed by atoms with Crippen LogP contribution in [0.2, 0.25) is 5.02 Å². The molecule has 1 N–H and O–H groups in total. The van der Waals surface area contributed by atoms with Crippen LogP contribution in [0, 0.1) is 6.92 Å². The van der Waals surface area contributed by atoms with Gasteiger partial charge in [-0.25, -0.2) is 0 Å². The zero-order valence-electron chi connectivity index (χ0n) is 12.3. The van der Waals surface area contributed by atoms with Crippen molar-refractivity contribution in [3.05, 3.63) is 64.7 Å². The molecule has 2 aromatic carbocycles. The van der Waals surface area contributed by atoms with E-state index in [0.717, 1.165) is 16.8 Å². The number of carbonyl (C=O) groups excluding carboxylic acids is 1. The number of carbonyl (C=O) groups is 1. The fourth-order valence-electron chi connectivity index (χ4n) is 2.04. The van der Waals surface area contributed by atoms with Gasteiger partial charge in [0, 0.05) is 24.3 Å². The number of hydrogen-bond donors (Lipinski definition) is 1. The third-order valence-corrected chi connectivity index (χ3v) is 3.55. The Kier molecular flexibility index (Phi) is 5.23. The second-order valence-corrected chi connectivity index (χ2v) is 5.48.